The zero-order valence-corrected chi connectivity index (χ0v) is 10.8. The van der Waals surface area contributed by atoms with E-state index in [1.54, 1.807) is 0 Å². The molecule has 0 aliphatic rings. The van der Waals surface area contributed by atoms with Gasteiger partial charge in [0.2, 0.25) is 16.5 Å². The maximum atomic E-state index is 9.03. The Morgan fingerprint density at radius 1 is 1.06 bits per heavy atom. The summed E-state index contributed by atoms with van der Waals surface area (Å²) in [6.07, 6.45) is 0. The summed E-state index contributed by atoms with van der Waals surface area (Å²) >= 11 is 11.3. The van der Waals surface area contributed by atoms with E-state index in [1.807, 2.05) is 24.3 Å². The second-order valence-electron chi connectivity index (χ2n) is 3.53. The van der Waals surface area contributed by atoms with Crippen LogP contribution in [0.1, 0.15) is 11.1 Å². The number of rotatable bonds is 4. The van der Waals surface area contributed by atoms with Gasteiger partial charge in [0.25, 0.3) is 0 Å². The highest BCUT2D eigenvalue weighted by Gasteiger charge is 2.03. The topological polar surface area (TPSA) is 70.9 Å². The Balaban J connectivity index is 2.06. The van der Waals surface area contributed by atoms with Gasteiger partial charge in [0.15, 0.2) is 0 Å². The molecule has 7 heteroatoms. The van der Waals surface area contributed by atoms with Crippen LogP contribution in [0.2, 0.25) is 10.6 Å². The fourth-order valence-electron chi connectivity index (χ4n) is 1.42. The third-order valence-corrected chi connectivity index (χ3v) is 2.54. The minimum Gasteiger partial charge on any atom is -0.392 e. The minimum atomic E-state index is 0.0112. The Hall–Kier alpha value is -1.43. The van der Waals surface area contributed by atoms with Gasteiger partial charge in [-0.2, -0.15) is 15.0 Å². The van der Waals surface area contributed by atoms with E-state index in [-0.39, 0.29) is 17.2 Å². The quantitative estimate of drug-likeness (QED) is 0.901. The molecule has 0 aliphatic carbocycles. The number of hydrogen-bond donors (Lipinski definition) is 2. The summed E-state index contributed by atoms with van der Waals surface area (Å²) in [6, 6.07) is 7.53. The molecular weight excluding hydrogens is 275 g/mol. The Labute approximate surface area is 114 Å². The maximum absolute atomic E-state index is 9.03. The number of benzene rings is 1. The molecule has 5 nitrogen and oxygen atoms in total. The zero-order chi connectivity index (χ0) is 13.0. The lowest BCUT2D eigenvalue weighted by molar-refractivity contribution is 0.281. The van der Waals surface area contributed by atoms with Crippen molar-refractivity contribution in [2.45, 2.75) is 13.2 Å². The first-order valence-electron chi connectivity index (χ1n) is 5.17. The molecule has 0 unspecified atom stereocenters. The van der Waals surface area contributed by atoms with Crippen LogP contribution in [0.3, 0.4) is 0 Å². The molecule has 0 bridgehead atoms. The fourth-order valence-corrected chi connectivity index (χ4v) is 1.79. The smallest absolute Gasteiger partial charge is 0.228 e. The van der Waals surface area contributed by atoms with Gasteiger partial charge in [-0.3, -0.25) is 0 Å². The van der Waals surface area contributed by atoms with Crippen LogP contribution in [-0.2, 0) is 13.2 Å². The third kappa shape index (κ3) is 3.53. The molecule has 0 radical (unpaired) electrons. The van der Waals surface area contributed by atoms with Crippen LogP contribution >= 0.6 is 23.2 Å². The summed E-state index contributed by atoms with van der Waals surface area (Å²) < 4.78 is 0. The van der Waals surface area contributed by atoms with Gasteiger partial charge in [-0.25, -0.2) is 0 Å². The predicted molar refractivity (Wildman–Crippen MR) is 69.5 cm³/mol. The number of halogens is 2. The van der Waals surface area contributed by atoms with Crippen molar-refractivity contribution in [2.24, 2.45) is 0 Å². The lowest BCUT2D eigenvalue weighted by Gasteiger charge is -2.06. The van der Waals surface area contributed by atoms with E-state index in [0.717, 1.165) is 11.1 Å². The van der Waals surface area contributed by atoms with Crippen molar-refractivity contribution < 1.29 is 5.11 Å². The summed E-state index contributed by atoms with van der Waals surface area (Å²) in [4.78, 5) is 11.4. The Morgan fingerprint density at radius 3 is 2.39 bits per heavy atom. The van der Waals surface area contributed by atoms with Crippen molar-refractivity contribution in [2.75, 3.05) is 5.32 Å². The van der Waals surface area contributed by atoms with Gasteiger partial charge >= 0.3 is 0 Å². The Bertz CT molecular complexity index is 530. The van der Waals surface area contributed by atoms with E-state index in [0.29, 0.717) is 12.5 Å². The van der Waals surface area contributed by atoms with E-state index >= 15 is 0 Å². The molecule has 1 heterocycles. The van der Waals surface area contributed by atoms with Crippen LogP contribution < -0.4 is 5.32 Å². The molecule has 2 aromatic rings. The number of aliphatic hydroxyl groups is 1. The van der Waals surface area contributed by atoms with Gasteiger partial charge in [0.05, 0.1) is 6.61 Å². The summed E-state index contributed by atoms with van der Waals surface area (Å²) in [7, 11) is 0. The normalized spacial score (nSPS) is 10.4. The van der Waals surface area contributed by atoms with E-state index in [4.69, 9.17) is 28.3 Å². The molecule has 0 saturated heterocycles. The van der Waals surface area contributed by atoms with Crippen LogP contribution in [0.15, 0.2) is 24.3 Å². The van der Waals surface area contributed by atoms with Gasteiger partial charge in [-0.1, -0.05) is 24.3 Å². The predicted octanol–water partition coefficient (Wildman–Crippen LogP) is 2.28. The SMILES string of the molecule is OCc1cccc(CNc2nc(Cl)nc(Cl)n2)c1. The monoisotopic (exact) mass is 284 g/mol. The molecular formula is C11H10Cl2N4O. The molecule has 0 spiro atoms. The van der Waals surface area contributed by atoms with E-state index in [1.165, 1.54) is 0 Å². The largest absolute Gasteiger partial charge is 0.392 e. The number of hydrogen-bond acceptors (Lipinski definition) is 5. The highest BCUT2D eigenvalue weighted by atomic mass is 35.5. The molecule has 1 aromatic carbocycles. The molecule has 18 heavy (non-hydrogen) atoms. The van der Waals surface area contributed by atoms with Gasteiger partial charge in [-0.05, 0) is 34.3 Å². The Morgan fingerprint density at radius 2 is 1.72 bits per heavy atom. The van der Waals surface area contributed by atoms with E-state index in [2.05, 4.69) is 20.3 Å². The van der Waals surface area contributed by atoms with Crippen LogP contribution in [0.25, 0.3) is 0 Å². The molecule has 0 fully saturated rings. The van der Waals surface area contributed by atoms with Gasteiger partial charge in [0.1, 0.15) is 0 Å². The van der Waals surface area contributed by atoms with Crippen molar-refractivity contribution >= 4 is 29.2 Å². The van der Waals surface area contributed by atoms with E-state index in [9.17, 15) is 0 Å². The second-order valence-corrected chi connectivity index (χ2v) is 4.20. The average molecular weight is 285 g/mol. The van der Waals surface area contributed by atoms with Crippen LogP contribution in [-0.4, -0.2) is 20.1 Å². The first-order chi connectivity index (χ1) is 8.67. The fraction of sp³-hybridized carbons (Fsp3) is 0.182. The zero-order valence-electron chi connectivity index (χ0n) is 9.27. The first kappa shape index (κ1) is 13.0. The van der Waals surface area contributed by atoms with Crippen molar-refractivity contribution in [1.29, 1.82) is 0 Å². The minimum absolute atomic E-state index is 0.0112. The highest BCUT2D eigenvalue weighted by molar-refractivity contribution is 6.31. The maximum Gasteiger partial charge on any atom is 0.228 e. The van der Waals surface area contributed by atoms with Crippen molar-refractivity contribution in [3.05, 3.63) is 46.0 Å². The first-order valence-corrected chi connectivity index (χ1v) is 5.92. The van der Waals surface area contributed by atoms with Crippen molar-refractivity contribution in [3.8, 4) is 0 Å². The molecule has 1 aromatic heterocycles. The molecule has 2 rings (SSSR count). The van der Waals surface area contributed by atoms with Crippen LogP contribution in [0, 0.1) is 0 Å². The summed E-state index contributed by atoms with van der Waals surface area (Å²) in [5.41, 5.74) is 1.84. The summed E-state index contributed by atoms with van der Waals surface area (Å²) in [5, 5.41) is 12.1. The lowest BCUT2D eigenvalue weighted by atomic mass is 10.1. The van der Waals surface area contributed by atoms with Gasteiger partial charge < -0.3 is 10.4 Å². The van der Waals surface area contributed by atoms with Crippen molar-refractivity contribution in [1.82, 2.24) is 15.0 Å². The standard InChI is InChI=1S/C11H10Cl2N4O/c12-9-15-10(13)17-11(16-9)14-5-7-2-1-3-8(4-7)6-18/h1-4,18H,5-6H2,(H,14,15,16,17). The van der Waals surface area contributed by atoms with Gasteiger partial charge in [0, 0.05) is 6.54 Å². The van der Waals surface area contributed by atoms with Crippen molar-refractivity contribution in [3.63, 3.8) is 0 Å². The average Bonchev–Trinajstić information content (AvgIpc) is 2.35. The second kappa shape index (κ2) is 5.95. The number of anilines is 1. The van der Waals surface area contributed by atoms with Crippen LogP contribution in [0.4, 0.5) is 5.95 Å². The molecule has 0 aliphatic heterocycles. The molecule has 0 atom stereocenters. The third-order valence-electron chi connectivity index (χ3n) is 2.21. The highest BCUT2D eigenvalue weighted by Crippen LogP contribution is 2.11. The Kier molecular flexibility index (Phi) is 4.30. The number of nitrogens with zero attached hydrogens (tertiary/aromatic N) is 3. The number of aliphatic hydroxyl groups excluding tert-OH is 1. The summed E-state index contributed by atoms with van der Waals surface area (Å²) in [5.74, 6) is 0.314. The molecule has 2 N–H and O–H groups in total. The number of aromatic nitrogens is 3. The summed E-state index contributed by atoms with van der Waals surface area (Å²) in [6.45, 7) is 0.516. The number of nitrogens with one attached hydrogen (secondary N) is 1. The molecule has 94 valence electrons. The molecule has 0 saturated carbocycles. The van der Waals surface area contributed by atoms with Crippen LogP contribution in [0.5, 0.6) is 0 Å². The molecule has 0 amide bonds. The van der Waals surface area contributed by atoms with Gasteiger partial charge in [-0.15, -0.1) is 0 Å². The van der Waals surface area contributed by atoms with E-state index < -0.39 is 0 Å². The lowest BCUT2D eigenvalue weighted by Crippen LogP contribution is -2.05.